The van der Waals surface area contributed by atoms with Gasteiger partial charge in [0.25, 0.3) is 0 Å². The van der Waals surface area contributed by atoms with Crippen molar-refractivity contribution in [1.29, 1.82) is 0 Å². The van der Waals surface area contributed by atoms with Gasteiger partial charge in [0.1, 0.15) is 5.82 Å². The molecule has 19 heavy (non-hydrogen) atoms. The van der Waals surface area contributed by atoms with Crippen LogP contribution in [0.5, 0.6) is 0 Å². The Morgan fingerprint density at radius 2 is 2.05 bits per heavy atom. The lowest BCUT2D eigenvalue weighted by atomic mass is 10.1. The Labute approximate surface area is 119 Å². The summed E-state index contributed by atoms with van der Waals surface area (Å²) in [5.41, 5.74) is 3.61. The van der Waals surface area contributed by atoms with Gasteiger partial charge in [0, 0.05) is 43.7 Å². The second-order valence-corrected chi connectivity index (χ2v) is 4.91. The third-order valence-corrected chi connectivity index (χ3v) is 3.79. The van der Waals surface area contributed by atoms with E-state index in [0.717, 1.165) is 37.3 Å². The first kappa shape index (κ1) is 14.1. The molecule has 0 radical (unpaired) electrons. The van der Waals surface area contributed by atoms with E-state index in [1.165, 1.54) is 11.3 Å². The van der Waals surface area contributed by atoms with Gasteiger partial charge in [-0.15, -0.1) is 11.6 Å². The van der Waals surface area contributed by atoms with Crippen molar-refractivity contribution in [2.75, 3.05) is 0 Å². The van der Waals surface area contributed by atoms with Crippen molar-refractivity contribution in [3.63, 3.8) is 0 Å². The summed E-state index contributed by atoms with van der Waals surface area (Å²) in [7, 11) is 2.02. The molecule has 0 aliphatic rings. The van der Waals surface area contributed by atoms with E-state index < -0.39 is 0 Å². The van der Waals surface area contributed by atoms with Crippen LogP contribution in [0.1, 0.15) is 36.6 Å². The highest BCUT2D eigenvalue weighted by atomic mass is 35.5. The normalized spacial score (nSPS) is 11.2. The summed E-state index contributed by atoms with van der Waals surface area (Å²) in [4.78, 5) is 4.35. The van der Waals surface area contributed by atoms with E-state index in [2.05, 4.69) is 28.1 Å². The van der Waals surface area contributed by atoms with Crippen LogP contribution >= 0.6 is 11.6 Å². The number of hydrogen-bond acceptors (Lipinski definition) is 2. The molecule has 0 amide bonds. The summed E-state index contributed by atoms with van der Waals surface area (Å²) >= 11 is 6.06. The summed E-state index contributed by atoms with van der Waals surface area (Å²) in [5.74, 6) is 1.64. The van der Waals surface area contributed by atoms with E-state index in [1.807, 2.05) is 19.4 Å². The van der Waals surface area contributed by atoms with Gasteiger partial charge in [0.2, 0.25) is 0 Å². The van der Waals surface area contributed by atoms with Crippen LogP contribution in [0.25, 0.3) is 0 Å². The monoisotopic (exact) mass is 280 g/mol. The van der Waals surface area contributed by atoms with E-state index in [-0.39, 0.29) is 0 Å². The van der Waals surface area contributed by atoms with Crippen molar-refractivity contribution in [1.82, 2.24) is 19.3 Å². The van der Waals surface area contributed by atoms with Crippen LogP contribution in [-0.4, -0.2) is 19.3 Å². The molecule has 4 nitrogen and oxygen atoms in total. The van der Waals surface area contributed by atoms with Gasteiger partial charge >= 0.3 is 0 Å². The van der Waals surface area contributed by atoms with Crippen LogP contribution in [0.3, 0.4) is 0 Å². The van der Waals surface area contributed by atoms with Crippen molar-refractivity contribution in [2.45, 2.75) is 45.5 Å². The van der Waals surface area contributed by atoms with E-state index >= 15 is 0 Å². The fourth-order valence-corrected chi connectivity index (χ4v) is 2.76. The van der Waals surface area contributed by atoms with Gasteiger partial charge in [-0.2, -0.15) is 5.10 Å². The quantitative estimate of drug-likeness (QED) is 0.763. The molecule has 0 unspecified atom stereocenters. The van der Waals surface area contributed by atoms with Crippen LogP contribution in [0.4, 0.5) is 0 Å². The Kier molecular flexibility index (Phi) is 4.64. The van der Waals surface area contributed by atoms with E-state index in [1.54, 1.807) is 0 Å². The summed E-state index contributed by atoms with van der Waals surface area (Å²) in [6.45, 7) is 5.14. The molecule has 0 N–H and O–H groups in total. The van der Waals surface area contributed by atoms with Crippen LogP contribution in [-0.2, 0) is 38.7 Å². The summed E-state index contributed by atoms with van der Waals surface area (Å²) < 4.78 is 4.16. The smallest absolute Gasteiger partial charge is 0.110 e. The van der Waals surface area contributed by atoms with E-state index in [4.69, 9.17) is 16.7 Å². The van der Waals surface area contributed by atoms with Crippen molar-refractivity contribution in [2.24, 2.45) is 7.05 Å². The second-order valence-electron chi connectivity index (χ2n) is 4.64. The maximum Gasteiger partial charge on any atom is 0.110 e. The number of nitrogens with zero attached hydrogens (tertiary/aromatic N) is 4. The molecule has 0 spiro atoms. The standard InChI is InChI=1S/C14H21ClN4/c1-4-12-11(10-15)13(5-2)19(17-12)8-6-14-16-7-9-18(14)3/h7,9H,4-6,8,10H2,1-3H3. The minimum Gasteiger partial charge on any atom is -0.338 e. The first-order chi connectivity index (χ1) is 9.21. The van der Waals surface area contributed by atoms with Crippen LogP contribution in [0.15, 0.2) is 12.4 Å². The third kappa shape index (κ3) is 2.84. The van der Waals surface area contributed by atoms with Gasteiger partial charge in [-0.05, 0) is 12.8 Å². The number of imidazole rings is 1. The molecule has 0 aromatic carbocycles. The predicted molar refractivity (Wildman–Crippen MR) is 77.5 cm³/mol. The van der Waals surface area contributed by atoms with Gasteiger partial charge in [0.15, 0.2) is 0 Å². The summed E-state index contributed by atoms with van der Waals surface area (Å²) in [6, 6.07) is 0. The number of halogens is 1. The third-order valence-electron chi connectivity index (χ3n) is 3.52. The zero-order valence-corrected chi connectivity index (χ0v) is 12.6. The lowest BCUT2D eigenvalue weighted by molar-refractivity contribution is 0.562. The molecular weight excluding hydrogens is 260 g/mol. The lowest BCUT2D eigenvalue weighted by Gasteiger charge is -2.07. The molecule has 0 bridgehead atoms. The number of aromatic nitrogens is 4. The van der Waals surface area contributed by atoms with Gasteiger partial charge in [0.05, 0.1) is 11.6 Å². The average Bonchev–Trinajstić information content (AvgIpc) is 2.98. The number of rotatable bonds is 6. The second kappa shape index (κ2) is 6.24. The summed E-state index contributed by atoms with van der Waals surface area (Å²) in [6.07, 6.45) is 6.60. The Morgan fingerprint density at radius 1 is 1.26 bits per heavy atom. The van der Waals surface area contributed by atoms with Crippen molar-refractivity contribution in [3.05, 3.63) is 35.2 Å². The Morgan fingerprint density at radius 3 is 2.58 bits per heavy atom. The molecule has 0 saturated carbocycles. The Bertz CT molecular complexity index is 542. The van der Waals surface area contributed by atoms with E-state index in [0.29, 0.717) is 5.88 Å². The van der Waals surface area contributed by atoms with Gasteiger partial charge in [-0.3, -0.25) is 4.68 Å². The minimum absolute atomic E-state index is 0.550. The van der Waals surface area contributed by atoms with Crippen LogP contribution < -0.4 is 0 Å². The van der Waals surface area contributed by atoms with Crippen molar-refractivity contribution in [3.8, 4) is 0 Å². The highest BCUT2D eigenvalue weighted by molar-refractivity contribution is 6.17. The van der Waals surface area contributed by atoms with Crippen molar-refractivity contribution < 1.29 is 0 Å². The molecular formula is C14H21ClN4. The maximum absolute atomic E-state index is 6.06. The molecule has 0 aliphatic heterocycles. The Balaban J connectivity index is 2.20. The fourth-order valence-electron chi connectivity index (χ4n) is 2.45. The lowest BCUT2D eigenvalue weighted by Crippen LogP contribution is -2.10. The maximum atomic E-state index is 6.06. The SMILES string of the molecule is CCc1nn(CCc2nccn2C)c(CC)c1CCl. The van der Waals surface area contributed by atoms with Crippen molar-refractivity contribution >= 4 is 11.6 Å². The zero-order chi connectivity index (χ0) is 13.8. The molecule has 2 heterocycles. The molecule has 0 aliphatic carbocycles. The van der Waals surface area contributed by atoms with Gasteiger partial charge in [-0.1, -0.05) is 13.8 Å². The van der Waals surface area contributed by atoms with Crippen LogP contribution in [0, 0.1) is 0 Å². The van der Waals surface area contributed by atoms with Gasteiger partial charge < -0.3 is 4.57 Å². The molecule has 0 atom stereocenters. The average molecular weight is 281 g/mol. The molecule has 104 valence electrons. The topological polar surface area (TPSA) is 35.6 Å². The first-order valence-corrected chi connectivity index (χ1v) is 7.34. The largest absolute Gasteiger partial charge is 0.338 e. The predicted octanol–water partition coefficient (Wildman–Crippen LogP) is 2.72. The fraction of sp³-hybridized carbons (Fsp3) is 0.571. The van der Waals surface area contributed by atoms with Crippen LogP contribution in [0.2, 0.25) is 0 Å². The number of aryl methyl sites for hydroxylation is 4. The number of hydrogen-bond donors (Lipinski definition) is 0. The van der Waals surface area contributed by atoms with Gasteiger partial charge in [-0.25, -0.2) is 4.98 Å². The molecule has 5 heteroatoms. The molecule has 0 saturated heterocycles. The summed E-state index contributed by atoms with van der Waals surface area (Å²) in [5, 5.41) is 4.69. The first-order valence-electron chi connectivity index (χ1n) is 6.80. The number of alkyl halides is 1. The van der Waals surface area contributed by atoms with E-state index in [9.17, 15) is 0 Å². The molecule has 0 fully saturated rings. The molecule has 2 aromatic heterocycles. The minimum atomic E-state index is 0.550. The highest BCUT2D eigenvalue weighted by Crippen LogP contribution is 2.18. The Hall–Kier alpha value is -1.29. The zero-order valence-electron chi connectivity index (χ0n) is 11.9. The highest BCUT2D eigenvalue weighted by Gasteiger charge is 2.14. The molecule has 2 aromatic rings. The molecule has 2 rings (SSSR count).